The van der Waals surface area contributed by atoms with E-state index in [9.17, 15) is 4.11 Å². The van der Waals surface area contributed by atoms with E-state index >= 15 is 0 Å². The second kappa shape index (κ2) is 3.60. The van der Waals surface area contributed by atoms with Gasteiger partial charge in [0.15, 0.2) is 0 Å². The van der Waals surface area contributed by atoms with Crippen LogP contribution in [0.3, 0.4) is 0 Å². The first-order valence-electron chi connectivity index (χ1n) is 4.81. The lowest BCUT2D eigenvalue weighted by Gasteiger charge is -2.27. The monoisotopic (exact) mass is 195 g/mol. The first-order valence-corrected chi connectivity index (χ1v) is 6.89. The van der Waals surface area contributed by atoms with E-state index in [0.717, 1.165) is 30.6 Å². The Balaban J connectivity index is 2.23. The fraction of sp³-hybridized carbons (Fsp3) is 0.400. The molecule has 0 spiro atoms. The predicted molar refractivity (Wildman–Crippen MR) is 55.0 cm³/mol. The van der Waals surface area contributed by atoms with Gasteiger partial charge in [0.2, 0.25) is 0 Å². The fourth-order valence-corrected chi connectivity index (χ4v) is 4.52. The normalized spacial score (nSPS) is 28.7. The molecule has 70 valence electrons. The average molecular weight is 195 g/mol. The molecule has 0 amide bonds. The highest BCUT2D eigenvalue weighted by atomic mass is 28.4. The smallest absolute Gasteiger partial charge is 0.309 e. The van der Waals surface area contributed by atoms with Gasteiger partial charge < -0.3 is 4.98 Å². The number of hydrogen-bond acceptors (Lipinski definition) is 1. The van der Waals surface area contributed by atoms with Gasteiger partial charge in [-0.1, -0.05) is 36.8 Å². The molecule has 1 atom stereocenters. The van der Waals surface area contributed by atoms with Crippen LogP contribution in [0.15, 0.2) is 30.3 Å². The van der Waals surface area contributed by atoms with Gasteiger partial charge in [-0.05, 0) is 24.2 Å². The third-order valence-electron chi connectivity index (χ3n) is 2.58. The van der Waals surface area contributed by atoms with Crippen molar-refractivity contribution in [2.45, 2.75) is 18.9 Å². The van der Waals surface area contributed by atoms with E-state index < -0.39 is 8.57 Å². The topological polar surface area (TPSA) is 12.0 Å². The molecule has 1 fully saturated rings. The Bertz CT molecular complexity index is 270. The zero-order chi connectivity index (χ0) is 9.15. The van der Waals surface area contributed by atoms with Crippen molar-refractivity contribution in [1.82, 2.24) is 4.98 Å². The third-order valence-corrected chi connectivity index (χ3v) is 5.69. The molecule has 1 N–H and O–H groups in total. The summed E-state index contributed by atoms with van der Waals surface area (Å²) in [5.41, 5.74) is 0. The summed E-state index contributed by atoms with van der Waals surface area (Å²) >= 11 is 0. The molecule has 1 saturated heterocycles. The quantitative estimate of drug-likeness (QED) is 0.531. The number of hydrogen-bond donors (Lipinski definition) is 1. The van der Waals surface area contributed by atoms with Crippen molar-refractivity contribution in [3.05, 3.63) is 30.3 Å². The van der Waals surface area contributed by atoms with Crippen LogP contribution in [0.4, 0.5) is 4.11 Å². The first kappa shape index (κ1) is 8.90. The molecule has 0 radical (unpaired) electrons. The van der Waals surface area contributed by atoms with Gasteiger partial charge in [-0.2, -0.15) is 0 Å². The Kier molecular flexibility index (Phi) is 2.46. The van der Waals surface area contributed by atoms with E-state index in [1.807, 2.05) is 30.3 Å². The predicted octanol–water partition coefficient (Wildman–Crippen LogP) is 1.69. The molecule has 1 aromatic carbocycles. The Morgan fingerprint density at radius 1 is 1.15 bits per heavy atom. The minimum atomic E-state index is -2.76. The summed E-state index contributed by atoms with van der Waals surface area (Å²) in [7, 11) is -2.76. The van der Waals surface area contributed by atoms with Crippen LogP contribution in [0.1, 0.15) is 12.8 Å². The van der Waals surface area contributed by atoms with Crippen molar-refractivity contribution in [1.29, 1.82) is 0 Å². The molecule has 0 saturated carbocycles. The van der Waals surface area contributed by atoms with Crippen LogP contribution in [-0.2, 0) is 0 Å². The molecular weight excluding hydrogens is 181 g/mol. The molecule has 0 aliphatic carbocycles. The molecule has 0 aromatic heterocycles. The summed E-state index contributed by atoms with van der Waals surface area (Å²) in [4.78, 5) is 3.08. The highest BCUT2D eigenvalue weighted by Crippen LogP contribution is 2.17. The SMILES string of the molecule is F[Si]1(c2ccccc2)CCCCN1. The van der Waals surface area contributed by atoms with Crippen LogP contribution in [0.25, 0.3) is 0 Å². The van der Waals surface area contributed by atoms with Crippen molar-refractivity contribution >= 4 is 13.8 Å². The van der Waals surface area contributed by atoms with E-state index in [1.165, 1.54) is 0 Å². The molecule has 1 aromatic rings. The van der Waals surface area contributed by atoms with Crippen LogP contribution in [-0.4, -0.2) is 15.1 Å². The van der Waals surface area contributed by atoms with Crippen molar-refractivity contribution in [2.24, 2.45) is 0 Å². The molecule has 1 aliphatic heterocycles. The lowest BCUT2D eigenvalue weighted by Crippen LogP contribution is -2.59. The van der Waals surface area contributed by atoms with Crippen molar-refractivity contribution in [3.63, 3.8) is 0 Å². The molecular formula is C10H14FNSi. The van der Waals surface area contributed by atoms with Crippen LogP contribution >= 0.6 is 0 Å². The second-order valence-corrected chi connectivity index (χ2v) is 6.58. The van der Waals surface area contributed by atoms with E-state index in [4.69, 9.17) is 0 Å². The van der Waals surface area contributed by atoms with Gasteiger partial charge in [0.1, 0.15) is 0 Å². The standard InChI is InChI=1S/C10H14FNSi/c11-13(9-5-4-8-12-13)10-6-2-1-3-7-10/h1-3,6-7,12H,4-5,8-9H2. The summed E-state index contributed by atoms with van der Waals surface area (Å²) in [6.07, 6.45) is 2.15. The van der Waals surface area contributed by atoms with E-state index in [-0.39, 0.29) is 0 Å². The van der Waals surface area contributed by atoms with E-state index in [1.54, 1.807) is 0 Å². The molecule has 1 heterocycles. The van der Waals surface area contributed by atoms with Crippen molar-refractivity contribution < 1.29 is 4.11 Å². The summed E-state index contributed by atoms with van der Waals surface area (Å²) in [6.45, 7) is 0.845. The van der Waals surface area contributed by atoms with Gasteiger partial charge in [0, 0.05) is 0 Å². The van der Waals surface area contributed by atoms with Gasteiger partial charge >= 0.3 is 8.57 Å². The Morgan fingerprint density at radius 3 is 2.54 bits per heavy atom. The number of benzene rings is 1. The van der Waals surface area contributed by atoms with Gasteiger partial charge in [0.05, 0.1) is 0 Å². The van der Waals surface area contributed by atoms with Gasteiger partial charge in [-0.15, -0.1) is 0 Å². The minimum absolute atomic E-state index is 0.733. The lowest BCUT2D eigenvalue weighted by molar-refractivity contribution is 0.618. The summed E-state index contributed by atoms with van der Waals surface area (Å²) in [6, 6.07) is 10.3. The molecule has 3 heteroatoms. The zero-order valence-electron chi connectivity index (χ0n) is 7.59. The number of nitrogens with one attached hydrogen (secondary N) is 1. The zero-order valence-corrected chi connectivity index (χ0v) is 8.59. The molecule has 1 nitrogen and oxygen atoms in total. The van der Waals surface area contributed by atoms with Gasteiger partial charge in [-0.3, -0.25) is 4.11 Å². The maximum atomic E-state index is 14.3. The minimum Gasteiger partial charge on any atom is -0.309 e. The van der Waals surface area contributed by atoms with Crippen molar-refractivity contribution in [2.75, 3.05) is 6.54 Å². The van der Waals surface area contributed by atoms with Crippen molar-refractivity contribution in [3.8, 4) is 0 Å². The maximum absolute atomic E-state index is 14.3. The first-order chi connectivity index (χ1) is 6.31. The molecule has 13 heavy (non-hydrogen) atoms. The van der Waals surface area contributed by atoms with E-state index in [2.05, 4.69) is 4.98 Å². The van der Waals surface area contributed by atoms with Crippen LogP contribution in [0, 0.1) is 0 Å². The Hall–Kier alpha value is -0.673. The molecule has 1 aliphatic rings. The maximum Gasteiger partial charge on any atom is 0.350 e. The highest BCUT2D eigenvalue weighted by Gasteiger charge is 2.37. The van der Waals surface area contributed by atoms with E-state index in [0.29, 0.717) is 0 Å². The van der Waals surface area contributed by atoms with Gasteiger partial charge in [0.25, 0.3) is 0 Å². The summed E-state index contributed by atoms with van der Waals surface area (Å²) in [5, 5.41) is 0.898. The summed E-state index contributed by atoms with van der Waals surface area (Å²) < 4.78 is 14.3. The lowest BCUT2D eigenvalue weighted by atomic mass is 10.3. The fourth-order valence-electron chi connectivity index (χ4n) is 1.82. The Morgan fingerprint density at radius 2 is 1.92 bits per heavy atom. The Labute approximate surface area is 79.2 Å². The number of halogens is 1. The largest absolute Gasteiger partial charge is 0.350 e. The number of rotatable bonds is 1. The second-order valence-electron chi connectivity index (χ2n) is 3.55. The molecule has 2 rings (SSSR count). The molecule has 0 bridgehead atoms. The van der Waals surface area contributed by atoms with Crippen LogP contribution < -0.4 is 10.2 Å². The van der Waals surface area contributed by atoms with Crippen LogP contribution in [0.5, 0.6) is 0 Å². The van der Waals surface area contributed by atoms with Crippen LogP contribution in [0.2, 0.25) is 6.04 Å². The average Bonchev–Trinajstić information content (AvgIpc) is 2.20. The van der Waals surface area contributed by atoms with Gasteiger partial charge in [-0.25, -0.2) is 0 Å². The molecule has 1 unspecified atom stereocenters. The highest BCUT2D eigenvalue weighted by molar-refractivity contribution is 6.84. The third kappa shape index (κ3) is 1.81. The summed E-state index contributed by atoms with van der Waals surface area (Å²) in [5.74, 6) is 0.